The van der Waals surface area contributed by atoms with Gasteiger partial charge in [0.25, 0.3) is 17.7 Å². The van der Waals surface area contributed by atoms with Crippen molar-refractivity contribution in [2.75, 3.05) is 13.2 Å². The number of hydrogen-bond acceptors (Lipinski definition) is 6. The molecule has 9 heteroatoms. The summed E-state index contributed by atoms with van der Waals surface area (Å²) in [6.45, 7) is 3.24. The zero-order valence-corrected chi connectivity index (χ0v) is 12.4. The van der Waals surface area contributed by atoms with Gasteiger partial charge in [0.05, 0.1) is 5.92 Å². The van der Waals surface area contributed by atoms with Crippen LogP contribution in [-0.4, -0.2) is 30.1 Å². The van der Waals surface area contributed by atoms with Crippen LogP contribution < -0.4 is 9.88 Å². The molecule has 1 aromatic heterocycles. The first-order valence-electron chi connectivity index (χ1n) is 6.61. The van der Waals surface area contributed by atoms with E-state index >= 15 is 0 Å². The normalized spacial score (nSPS) is 9.70. The van der Waals surface area contributed by atoms with Crippen molar-refractivity contribution >= 4 is 11.9 Å². The lowest BCUT2D eigenvalue weighted by Gasteiger charge is -2.05. The van der Waals surface area contributed by atoms with Gasteiger partial charge in [0.1, 0.15) is 12.2 Å². The number of ether oxygens (including phenoxy) is 1. The minimum Gasteiger partial charge on any atom is -0.405 e. The van der Waals surface area contributed by atoms with Gasteiger partial charge in [0.15, 0.2) is 12.4 Å². The summed E-state index contributed by atoms with van der Waals surface area (Å²) >= 11 is 0. The molecule has 0 aromatic carbocycles. The van der Waals surface area contributed by atoms with Gasteiger partial charge in [-0.05, 0) is 6.07 Å². The van der Waals surface area contributed by atoms with E-state index in [0.717, 1.165) is 0 Å². The minimum absolute atomic E-state index is 0. The van der Waals surface area contributed by atoms with E-state index in [1.165, 1.54) is 6.20 Å². The van der Waals surface area contributed by atoms with Gasteiger partial charge in [-0.25, -0.2) is 0 Å². The number of aromatic nitrogens is 1. The van der Waals surface area contributed by atoms with Crippen molar-refractivity contribution in [3.63, 3.8) is 0 Å². The van der Waals surface area contributed by atoms with E-state index in [2.05, 4.69) is 10.2 Å². The fourth-order valence-corrected chi connectivity index (χ4v) is 1.43. The highest BCUT2D eigenvalue weighted by atomic mass is 16.9. The molecule has 0 saturated carbocycles. The highest BCUT2D eigenvalue weighted by Crippen LogP contribution is 1.97. The topological polar surface area (TPSA) is 112 Å². The van der Waals surface area contributed by atoms with E-state index in [1.807, 2.05) is 0 Å². The molecule has 1 N–H and O–H groups in total. The summed E-state index contributed by atoms with van der Waals surface area (Å²) in [5.41, 5.74) is 0.337. The van der Waals surface area contributed by atoms with Gasteiger partial charge in [-0.3, -0.25) is 9.59 Å². The van der Waals surface area contributed by atoms with Crippen molar-refractivity contribution in [1.82, 2.24) is 5.32 Å². The minimum atomic E-state index is -0.925. The maximum absolute atomic E-state index is 11.8. The van der Waals surface area contributed by atoms with Gasteiger partial charge < -0.3 is 14.9 Å². The summed E-state index contributed by atoms with van der Waals surface area (Å²) in [6.07, 6.45) is 3.16. The molecule has 0 radical (unpaired) electrons. The number of pyridine rings is 1. The highest BCUT2D eigenvalue weighted by molar-refractivity contribution is 5.93. The second kappa shape index (κ2) is 10.1. The van der Waals surface area contributed by atoms with Crippen LogP contribution in [0.3, 0.4) is 0 Å². The molecule has 0 bridgehead atoms. The molecule has 0 fully saturated rings. The predicted molar refractivity (Wildman–Crippen MR) is 79.6 cm³/mol. The lowest BCUT2D eigenvalue weighted by Crippen LogP contribution is -2.38. The van der Waals surface area contributed by atoms with E-state index in [1.54, 1.807) is 36.7 Å². The lowest BCUT2D eigenvalue weighted by atomic mass is 10.2. The number of carbonyl (C=O) groups is 2. The fourth-order valence-electron chi connectivity index (χ4n) is 1.43. The fraction of sp³-hybridized carbons (Fsp3) is 0.500. The number of hydrogen-bond donors (Lipinski definition) is 1. The molecule has 0 saturated heterocycles. The van der Waals surface area contributed by atoms with Gasteiger partial charge in [0.2, 0.25) is 0 Å². The predicted octanol–water partition coefficient (Wildman–Crippen LogP) is 0.705. The third-order valence-electron chi connectivity index (χ3n) is 2.53. The van der Waals surface area contributed by atoms with Crippen molar-refractivity contribution in [3.05, 3.63) is 40.2 Å². The Bertz CT molecular complexity index is 547. The smallest absolute Gasteiger partial charge is 0.313 e. The zero-order chi connectivity index (χ0) is 16.5. The molecular formula is C14H22N3O6+. The number of nitrogens with one attached hydrogen (secondary N) is 1. The Labute approximate surface area is 134 Å². The van der Waals surface area contributed by atoms with Crippen molar-refractivity contribution in [2.45, 2.75) is 28.0 Å². The summed E-state index contributed by atoms with van der Waals surface area (Å²) in [5.74, 6) is -0.968. The van der Waals surface area contributed by atoms with Crippen LogP contribution in [-0.2, 0) is 21.1 Å². The first-order valence-corrected chi connectivity index (χ1v) is 6.61. The summed E-state index contributed by atoms with van der Waals surface area (Å²) in [7, 11) is 0. The number of esters is 1. The average Bonchev–Trinajstić information content (AvgIpc) is 2.48. The van der Waals surface area contributed by atoms with Crippen molar-refractivity contribution in [1.29, 1.82) is 0 Å². The molecule has 9 nitrogen and oxygen atoms in total. The molecule has 1 aromatic rings. The molecule has 0 aliphatic heterocycles. The Morgan fingerprint density at radius 3 is 2.74 bits per heavy atom. The summed E-state index contributed by atoms with van der Waals surface area (Å²) in [4.78, 5) is 37.3. The van der Waals surface area contributed by atoms with E-state index < -0.39 is 11.0 Å². The Hall–Kier alpha value is -2.71. The molecular weight excluding hydrogens is 306 g/mol. The largest absolute Gasteiger partial charge is 0.405 e. The van der Waals surface area contributed by atoms with Crippen LogP contribution >= 0.6 is 0 Å². The summed E-state index contributed by atoms with van der Waals surface area (Å²) in [6, 6.07) is 3.20. The molecule has 0 atom stereocenters. The Kier molecular flexibility index (Phi) is 8.90. The maximum atomic E-state index is 11.8. The molecule has 128 valence electrons. The second-order valence-electron chi connectivity index (χ2n) is 4.67. The van der Waals surface area contributed by atoms with E-state index in [0.29, 0.717) is 5.56 Å². The Morgan fingerprint density at radius 2 is 2.13 bits per heavy atom. The molecule has 1 rings (SSSR count). The van der Waals surface area contributed by atoms with Gasteiger partial charge in [0, 0.05) is 12.6 Å². The van der Waals surface area contributed by atoms with E-state index in [9.17, 15) is 19.7 Å². The zero-order valence-electron chi connectivity index (χ0n) is 12.4. The highest BCUT2D eigenvalue weighted by Gasteiger charge is 2.13. The van der Waals surface area contributed by atoms with Gasteiger partial charge in [-0.15, -0.1) is 10.1 Å². The SMILES string of the molecule is C.CC(C)C(=O)OC[n+]1cccc(C(=O)NCCO[N+](=O)[O-])c1. The molecule has 0 aliphatic carbocycles. The Balaban J connectivity index is 0.00000484. The number of nitrogens with zero attached hydrogens (tertiary/aromatic N) is 2. The van der Waals surface area contributed by atoms with Crippen LogP contribution in [0.4, 0.5) is 0 Å². The van der Waals surface area contributed by atoms with Crippen molar-refractivity contribution in [3.8, 4) is 0 Å². The van der Waals surface area contributed by atoms with Crippen LogP contribution in [0.5, 0.6) is 0 Å². The van der Waals surface area contributed by atoms with Gasteiger partial charge in [-0.2, -0.15) is 4.57 Å². The average molecular weight is 328 g/mol. The van der Waals surface area contributed by atoms with Gasteiger partial charge >= 0.3 is 5.97 Å². The number of amides is 1. The maximum Gasteiger partial charge on any atom is 0.313 e. The third-order valence-corrected chi connectivity index (χ3v) is 2.53. The standard InChI is InChI=1S/C13H17N3O6.CH4/c1-10(2)13(18)21-9-15-6-3-4-11(8-15)12(17)14-5-7-22-16(19)20;/h3-4,6,8,10H,5,7,9H2,1-2H3;1H4/p+1. The lowest BCUT2D eigenvalue weighted by molar-refractivity contribution is -0.757. The molecule has 1 heterocycles. The molecule has 1 amide bonds. The van der Waals surface area contributed by atoms with Crippen molar-refractivity contribution < 1.29 is 28.8 Å². The first kappa shape index (κ1) is 20.3. The molecule has 0 aliphatic rings. The van der Waals surface area contributed by atoms with Crippen LogP contribution in [0.25, 0.3) is 0 Å². The molecule has 0 spiro atoms. The van der Waals surface area contributed by atoms with E-state index in [4.69, 9.17) is 4.74 Å². The van der Waals surface area contributed by atoms with Crippen molar-refractivity contribution in [2.24, 2.45) is 5.92 Å². The van der Waals surface area contributed by atoms with Gasteiger partial charge in [-0.1, -0.05) is 21.3 Å². The van der Waals surface area contributed by atoms with Crippen LogP contribution in [0, 0.1) is 16.0 Å². The van der Waals surface area contributed by atoms with E-state index in [-0.39, 0.29) is 39.2 Å². The third kappa shape index (κ3) is 7.74. The van der Waals surface area contributed by atoms with Crippen LogP contribution in [0.1, 0.15) is 31.6 Å². The molecule has 0 unspecified atom stereocenters. The summed E-state index contributed by atoms with van der Waals surface area (Å²) in [5, 5.41) is 11.5. The van der Waals surface area contributed by atoms with Crippen LogP contribution in [0.15, 0.2) is 24.5 Å². The second-order valence-corrected chi connectivity index (χ2v) is 4.67. The monoisotopic (exact) mass is 328 g/mol. The summed E-state index contributed by atoms with van der Waals surface area (Å²) < 4.78 is 6.59. The molecule has 23 heavy (non-hydrogen) atoms. The first-order chi connectivity index (χ1) is 10.4. The van der Waals surface area contributed by atoms with Crippen LogP contribution in [0.2, 0.25) is 0 Å². The quantitative estimate of drug-likeness (QED) is 0.247. The Morgan fingerprint density at radius 1 is 1.43 bits per heavy atom. The number of rotatable bonds is 8. The number of carbonyl (C=O) groups excluding carboxylic acids is 2.